The summed E-state index contributed by atoms with van der Waals surface area (Å²) in [6.07, 6.45) is 15.0. The summed E-state index contributed by atoms with van der Waals surface area (Å²) < 4.78 is 0. The molecule has 0 amide bonds. The molecule has 29 heavy (non-hydrogen) atoms. The van der Waals surface area contributed by atoms with Crippen LogP contribution in [0, 0.1) is 6.92 Å². The molecule has 4 heteroatoms. The van der Waals surface area contributed by atoms with Gasteiger partial charge in [0.25, 0.3) is 0 Å². The predicted molar refractivity (Wildman–Crippen MR) is 129 cm³/mol. The van der Waals surface area contributed by atoms with E-state index in [-0.39, 0.29) is 0 Å². The molecule has 0 bridgehead atoms. The zero-order valence-electron chi connectivity index (χ0n) is 19.0. The summed E-state index contributed by atoms with van der Waals surface area (Å²) in [5.74, 6) is 0. The smallest absolute Gasteiger partial charge is 0.0931 e. The third kappa shape index (κ3) is 11.1. The molecule has 1 unspecified atom stereocenters. The molecule has 2 nitrogen and oxygen atoms in total. The molecule has 1 atom stereocenters. The molecule has 1 aromatic rings. The van der Waals surface area contributed by atoms with Crippen molar-refractivity contribution in [1.29, 1.82) is 0 Å². The highest BCUT2D eigenvalue weighted by molar-refractivity contribution is 6.36. The lowest BCUT2D eigenvalue weighted by Gasteiger charge is -2.26. The van der Waals surface area contributed by atoms with Crippen molar-refractivity contribution in [1.82, 2.24) is 4.90 Å². The zero-order chi connectivity index (χ0) is 21.5. The quantitative estimate of drug-likeness (QED) is 0.244. The van der Waals surface area contributed by atoms with Gasteiger partial charge in [-0.25, -0.2) is 0 Å². The summed E-state index contributed by atoms with van der Waals surface area (Å²) in [5.41, 5.74) is 1.65. The van der Waals surface area contributed by atoms with Crippen molar-refractivity contribution in [2.24, 2.45) is 0 Å². The van der Waals surface area contributed by atoms with E-state index in [1.54, 1.807) is 0 Å². The molecular formula is C25H43Cl2NO. The Bertz CT molecular complexity index is 534. The average Bonchev–Trinajstić information content (AvgIpc) is 2.71. The molecule has 0 aliphatic heterocycles. The van der Waals surface area contributed by atoms with Crippen LogP contribution in [0.2, 0.25) is 10.0 Å². The fourth-order valence-electron chi connectivity index (χ4n) is 3.81. The van der Waals surface area contributed by atoms with Crippen LogP contribution in [-0.4, -0.2) is 29.6 Å². The van der Waals surface area contributed by atoms with Gasteiger partial charge in [-0.2, -0.15) is 0 Å². The van der Waals surface area contributed by atoms with Gasteiger partial charge in [0, 0.05) is 17.1 Å². The number of hydrogen-bond acceptors (Lipinski definition) is 2. The minimum atomic E-state index is -0.571. The van der Waals surface area contributed by atoms with Gasteiger partial charge in [0.05, 0.1) is 11.1 Å². The number of unbranched alkanes of at least 4 members (excludes halogenated alkanes) is 10. The van der Waals surface area contributed by atoms with Gasteiger partial charge >= 0.3 is 0 Å². The van der Waals surface area contributed by atoms with E-state index in [4.69, 9.17) is 23.2 Å². The molecule has 1 aromatic carbocycles. The van der Waals surface area contributed by atoms with E-state index in [1.807, 2.05) is 19.1 Å². The number of aliphatic hydroxyl groups is 1. The fourth-order valence-corrected chi connectivity index (χ4v) is 4.31. The maximum absolute atomic E-state index is 10.9. The molecule has 0 heterocycles. The lowest BCUT2D eigenvalue weighted by Crippen LogP contribution is -2.31. The van der Waals surface area contributed by atoms with E-state index in [9.17, 15) is 5.11 Å². The number of nitrogens with zero attached hydrogens (tertiary/aromatic N) is 1. The number of benzene rings is 1. The van der Waals surface area contributed by atoms with Crippen molar-refractivity contribution in [3.63, 3.8) is 0 Å². The van der Waals surface area contributed by atoms with Crippen molar-refractivity contribution in [2.75, 3.05) is 19.6 Å². The number of hydrogen-bond donors (Lipinski definition) is 1. The first-order valence-corrected chi connectivity index (χ1v) is 12.6. The van der Waals surface area contributed by atoms with E-state index < -0.39 is 6.10 Å². The lowest BCUT2D eigenvalue weighted by molar-refractivity contribution is 0.110. The monoisotopic (exact) mass is 443 g/mol. The Morgan fingerprint density at radius 3 is 1.79 bits per heavy atom. The molecule has 168 valence electrons. The van der Waals surface area contributed by atoms with Crippen LogP contribution in [-0.2, 0) is 0 Å². The number of rotatable bonds is 17. The number of aliphatic hydroxyl groups excluding tert-OH is 1. The van der Waals surface area contributed by atoms with Crippen molar-refractivity contribution < 1.29 is 5.11 Å². The first-order valence-electron chi connectivity index (χ1n) is 11.9. The van der Waals surface area contributed by atoms with Gasteiger partial charge < -0.3 is 10.0 Å². The Balaban J connectivity index is 2.55. The fraction of sp³-hybridized carbons (Fsp3) is 0.760. The number of halogens is 2. The van der Waals surface area contributed by atoms with Crippen molar-refractivity contribution in [3.05, 3.63) is 33.3 Å². The van der Waals surface area contributed by atoms with Gasteiger partial charge in [-0.05, 0) is 44.5 Å². The summed E-state index contributed by atoms with van der Waals surface area (Å²) in [5, 5.41) is 12.1. The average molecular weight is 445 g/mol. The van der Waals surface area contributed by atoms with Crippen LogP contribution in [0.4, 0.5) is 0 Å². The second-order valence-electron chi connectivity index (χ2n) is 8.43. The Kier molecular flexibility index (Phi) is 15.1. The Labute approximate surface area is 190 Å². The molecule has 0 spiro atoms. The molecule has 0 aliphatic carbocycles. The highest BCUT2D eigenvalue weighted by Gasteiger charge is 2.18. The molecule has 1 rings (SSSR count). The Morgan fingerprint density at radius 2 is 1.28 bits per heavy atom. The SMILES string of the molecule is CCCCCCCCN(CCCCCCCC)CC(O)c1ccc(Cl)c(C)c1Cl. The van der Waals surface area contributed by atoms with Crippen LogP contribution in [0.1, 0.15) is 108 Å². The van der Waals surface area contributed by atoms with Crippen LogP contribution in [0.3, 0.4) is 0 Å². The first kappa shape index (κ1) is 26.8. The van der Waals surface area contributed by atoms with Gasteiger partial charge in [-0.3, -0.25) is 0 Å². The molecule has 0 radical (unpaired) electrons. The molecule has 0 saturated heterocycles. The van der Waals surface area contributed by atoms with E-state index in [2.05, 4.69) is 18.7 Å². The van der Waals surface area contributed by atoms with Crippen molar-refractivity contribution in [3.8, 4) is 0 Å². The highest BCUT2D eigenvalue weighted by Crippen LogP contribution is 2.31. The third-order valence-corrected chi connectivity index (χ3v) is 6.71. The molecule has 0 aromatic heterocycles. The van der Waals surface area contributed by atoms with Crippen LogP contribution in [0.15, 0.2) is 12.1 Å². The summed E-state index contributed by atoms with van der Waals surface area (Å²) >= 11 is 12.6. The second-order valence-corrected chi connectivity index (χ2v) is 9.21. The summed E-state index contributed by atoms with van der Waals surface area (Å²) in [6, 6.07) is 3.71. The predicted octanol–water partition coefficient (Wildman–Crippen LogP) is 8.36. The van der Waals surface area contributed by atoms with Crippen molar-refractivity contribution >= 4 is 23.2 Å². The molecule has 0 saturated carbocycles. The van der Waals surface area contributed by atoms with E-state index in [1.165, 1.54) is 77.0 Å². The largest absolute Gasteiger partial charge is 0.387 e. The standard InChI is InChI=1S/C25H43Cl2NO/c1-4-6-8-10-12-14-18-28(19-15-13-11-9-7-5-2)20-24(29)22-16-17-23(26)21(3)25(22)27/h16-17,24,29H,4-15,18-20H2,1-3H3. The van der Waals surface area contributed by atoms with E-state index >= 15 is 0 Å². The second kappa shape index (κ2) is 16.4. The van der Waals surface area contributed by atoms with Crippen LogP contribution < -0.4 is 0 Å². The molecule has 0 fully saturated rings. The summed E-state index contributed by atoms with van der Waals surface area (Å²) in [4.78, 5) is 2.44. The van der Waals surface area contributed by atoms with Crippen LogP contribution in [0.5, 0.6) is 0 Å². The Hall–Kier alpha value is -0.280. The van der Waals surface area contributed by atoms with Crippen LogP contribution >= 0.6 is 23.2 Å². The third-order valence-electron chi connectivity index (χ3n) is 5.80. The van der Waals surface area contributed by atoms with Gasteiger partial charge in [0.1, 0.15) is 0 Å². The van der Waals surface area contributed by atoms with E-state index in [0.29, 0.717) is 16.6 Å². The maximum atomic E-state index is 10.9. The normalized spacial score (nSPS) is 12.7. The Morgan fingerprint density at radius 1 is 0.793 bits per heavy atom. The summed E-state index contributed by atoms with van der Waals surface area (Å²) in [6.45, 7) is 9.18. The van der Waals surface area contributed by atoms with Gasteiger partial charge in [-0.1, -0.05) is 107 Å². The van der Waals surface area contributed by atoms with Gasteiger partial charge in [-0.15, -0.1) is 0 Å². The molecule has 1 N–H and O–H groups in total. The molecular weight excluding hydrogens is 401 g/mol. The van der Waals surface area contributed by atoms with Gasteiger partial charge in [0.15, 0.2) is 0 Å². The minimum absolute atomic E-state index is 0.571. The van der Waals surface area contributed by atoms with Crippen molar-refractivity contribution in [2.45, 2.75) is 104 Å². The minimum Gasteiger partial charge on any atom is -0.387 e. The highest BCUT2D eigenvalue weighted by atomic mass is 35.5. The van der Waals surface area contributed by atoms with Gasteiger partial charge in [0.2, 0.25) is 0 Å². The zero-order valence-corrected chi connectivity index (χ0v) is 20.5. The molecule has 0 aliphatic rings. The lowest BCUT2D eigenvalue weighted by atomic mass is 10.0. The van der Waals surface area contributed by atoms with Crippen LogP contribution in [0.25, 0.3) is 0 Å². The van der Waals surface area contributed by atoms with E-state index in [0.717, 1.165) is 24.2 Å². The topological polar surface area (TPSA) is 23.5 Å². The maximum Gasteiger partial charge on any atom is 0.0931 e. The first-order chi connectivity index (χ1) is 14.0. The summed E-state index contributed by atoms with van der Waals surface area (Å²) in [7, 11) is 0.